The number of guanidine groups is 1. The molecule has 0 aromatic heterocycles. The zero-order valence-corrected chi connectivity index (χ0v) is 10.8. The maximum Gasteiger partial charge on any atom is 0.208 e. The molecule has 15 heavy (non-hydrogen) atoms. The summed E-state index contributed by atoms with van der Waals surface area (Å²) in [6, 6.07) is 0.400. The van der Waals surface area contributed by atoms with Crippen LogP contribution in [-0.2, 0) is 4.74 Å². The van der Waals surface area contributed by atoms with Gasteiger partial charge in [0.25, 0.3) is 0 Å². The van der Waals surface area contributed by atoms with Crippen LogP contribution in [0, 0.1) is 0 Å². The Morgan fingerprint density at radius 1 is 1.67 bits per heavy atom. The summed E-state index contributed by atoms with van der Waals surface area (Å²) in [7, 11) is 3.64. The average molecular weight is 234 g/mol. The molecule has 0 amide bonds. The monoisotopic (exact) mass is 234 g/mol. The van der Waals surface area contributed by atoms with Gasteiger partial charge in [-0.3, -0.25) is 5.43 Å². The van der Waals surface area contributed by atoms with Gasteiger partial charge in [-0.05, 0) is 13.2 Å². The van der Waals surface area contributed by atoms with Gasteiger partial charge in [0.05, 0.1) is 13.2 Å². The lowest BCUT2D eigenvalue weighted by Gasteiger charge is -2.27. The van der Waals surface area contributed by atoms with E-state index in [0.29, 0.717) is 25.2 Å². The van der Waals surface area contributed by atoms with E-state index in [1.165, 1.54) is 0 Å². The molecule has 6 heteroatoms. The van der Waals surface area contributed by atoms with Gasteiger partial charge in [0, 0.05) is 26.0 Å². The fourth-order valence-electron chi connectivity index (χ4n) is 1.06. The second kappa shape index (κ2) is 8.82. The summed E-state index contributed by atoms with van der Waals surface area (Å²) in [5.41, 5.74) is 2.61. The van der Waals surface area contributed by atoms with Crippen LogP contribution in [0.3, 0.4) is 0 Å². The third kappa shape index (κ3) is 5.86. The molecule has 90 valence electrons. The fraction of sp³-hybridized carbons (Fsp3) is 0.889. The Morgan fingerprint density at radius 2 is 2.33 bits per heavy atom. The maximum absolute atomic E-state index is 5.42. The lowest BCUT2D eigenvalue weighted by Crippen LogP contribution is -2.47. The van der Waals surface area contributed by atoms with Crippen LogP contribution in [0.5, 0.6) is 0 Å². The van der Waals surface area contributed by atoms with E-state index in [2.05, 4.69) is 23.6 Å². The molecule has 0 aromatic carbocycles. The van der Waals surface area contributed by atoms with Crippen molar-refractivity contribution in [2.45, 2.75) is 13.0 Å². The van der Waals surface area contributed by atoms with E-state index in [1.54, 1.807) is 18.9 Å². The number of aliphatic imine (C=N–C) groups is 1. The van der Waals surface area contributed by atoms with Gasteiger partial charge in [-0.15, -0.1) is 0 Å². The SMILES string of the molecule is COCCN=C(NN)N(C)C(C)CSC. The van der Waals surface area contributed by atoms with E-state index in [9.17, 15) is 0 Å². The molecule has 0 saturated heterocycles. The summed E-state index contributed by atoms with van der Waals surface area (Å²) >= 11 is 1.80. The molecule has 0 aliphatic rings. The molecule has 0 aliphatic heterocycles. The maximum atomic E-state index is 5.42. The van der Waals surface area contributed by atoms with Crippen molar-refractivity contribution in [1.82, 2.24) is 10.3 Å². The molecular weight excluding hydrogens is 212 g/mol. The lowest BCUT2D eigenvalue weighted by molar-refractivity contribution is 0.207. The Morgan fingerprint density at radius 3 is 2.80 bits per heavy atom. The lowest BCUT2D eigenvalue weighted by atomic mass is 10.3. The van der Waals surface area contributed by atoms with Gasteiger partial charge in [-0.2, -0.15) is 11.8 Å². The van der Waals surface area contributed by atoms with Gasteiger partial charge in [-0.1, -0.05) is 0 Å². The summed E-state index contributed by atoms with van der Waals surface area (Å²) in [6.07, 6.45) is 2.09. The van der Waals surface area contributed by atoms with Crippen LogP contribution in [0.2, 0.25) is 0 Å². The van der Waals surface area contributed by atoms with Crippen LogP contribution < -0.4 is 11.3 Å². The first kappa shape index (κ1) is 14.5. The second-order valence-electron chi connectivity index (χ2n) is 3.26. The van der Waals surface area contributed by atoms with Gasteiger partial charge in [-0.25, -0.2) is 10.8 Å². The van der Waals surface area contributed by atoms with Crippen molar-refractivity contribution >= 4 is 17.7 Å². The number of hydrogen-bond acceptors (Lipinski definition) is 4. The smallest absolute Gasteiger partial charge is 0.208 e. The molecule has 0 aromatic rings. The van der Waals surface area contributed by atoms with Gasteiger partial charge < -0.3 is 9.64 Å². The standard InChI is InChI=1S/C9H22N4OS/c1-8(7-15-4)13(2)9(12-10)11-5-6-14-3/h8H,5-7,10H2,1-4H3,(H,11,12). The fourth-order valence-corrected chi connectivity index (χ4v) is 1.77. The van der Waals surface area contributed by atoms with Crippen molar-refractivity contribution in [2.24, 2.45) is 10.8 Å². The third-order valence-electron chi connectivity index (χ3n) is 2.09. The van der Waals surface area contributed by atoms with Crippen molar-refractivity contribution in [2.75, 3.05) is 39.3 Å². The Balaban J connectivity index is 4.18. The van der Waals surface area contributed by atoms with Crippen LogP contribution in [0.4, 0.5) is 0 Å². The van der Waals surface area contributed by atoms with Crippen molar-refractivity contribution in [1.29, 1.82) is 0 Å². The van der Waals surface area contributed by atoms with Crippen molar-refractivity contribution < 1.29 is 4.74 Å². The molecule has 0 heterocycles. The van der Waals surface area contributed by atoms with Crippen LogP contribution in [0.1, 0.15) is 6.92 Å². The van der Waals surface area contributed by atoms with Gasteiger partial charge in [0.2, 0.25) is 5.96 Å². The number of ether oxygens (including phenoxy) is 1. The first-order valence-corrected chi connectivity index (χ1v) is 6.28. The normalized spacial score (nSPS) is 13.8. The molecule has 0 saturated carbocycles. The number of nitrogens with zero attached hydrogens (tertiary/aromatic N) is 2. The Kier molecular flexibility index (Phi) is 8.55. The molecule has 0 rings (SSSR count). The molecule has 0 spiro atoms. The summed E-state index contributed by atoms with van der Waals surface area (Å²) in [5.74, 6) is 7.17. The highest BCUT2D eigenvalue weighted by atomic mass is 32.2. The number of methoxy groups -OCH3 is 1. The number of nitrogens with one attached hydrogen (secondary N) is 1. The van der Waals surface area contributed by atoms with Gasteiger partial charge in [0.1, 0.15) is 0 Å². The number of hydrogen-bond donors (Lipinski definition) is 2. The predicted octanol–water partition coefficient (Wildman–Crippen LogP) is 0.135. The van der Waals surface area contributed by atoms with Crippen molar-refractivity contribution in [3.63, 3.8) is 0 Å². The van der Waals surface area contributed by atoms with Gasteiger partial charge in [0.15, 0.2) is 0 Å². The molecule has 3 N–H and O–H groups in total. The summed E-state index contributed by atoms with van der Waals surface area (Å²) in [5, 5.41) is 0. The van der Waals surface area contributed by atoms with E-state index in [1.807, 2.05) is 11.9 Å². The molecule has 0 fully saturated rings. The highest BCUT2D eigenvalue weighted by Gasteiger charge is 2.11. The van der Waals surface area contributed by atoms with E-state index >= 15 is 0 Å². The average Bonchev–Trinajstić information content (AvgIpc) is 2.24. The summed E-state index contributed by atoms with van der Waals surface area (Å²) < 4.78 is 4.93. The van der Waals surface area contributed by atoms with Crippen LogP contribution in [0.25, 0.3) is 0 Å². The largest absolute Gasteiger partial charge is 0.383 e. The Labute approximate surface area is 96.4 Å². The van der Waals surface area contributed by atoms with E-state index in [0.717, 1.165) is 5.75 Å². The minimum Gasteiger partial charge on any atom is -0.383 e. The highest BCUT2D eigenvalue weighted by Crippen LogP contribution is 2.03. The van der Waals surface area contributed by atoms with E-state index < -0.39 is 0 Å². The summed E-state index contributed by atoms with van der Waals surface area (Å²) in [6.45, 7) is 3.36. The molecule has 5 nitrogen and oxygen atoms in total. The number of rotatable bonds is 6. The molecular formula is C9H22N4OS. The minimum atomic E-state index is 0.400. The molecule has 0 aliphatic carbocycles. The Bertz CT molecular complexity index is 189. The first-order valence-electron chi connectivity index (χ1n) is 4.89. The molecule has 1 unspecified atom stereocenters. The van der Waals surface area contributed by atoms with E-state index in [-0.39, 0.29) is 0 Å². The number of hydrazine groups is 1. The molecule has 0 radical (unpaired) electrons. The zero-order chi connectivity index (χ0) is 11.7. The predicted molar refractivity (Wildman–Crippen MR) is 67.1 cm³/mol. The molecule has 1 atom stereocenters. The zero-order valence-electron chi connectivity index (χ0n) is 9.99. The Hall–Kier alpha value is -0.460. The van der Waals surface area contributed by atoms with Crippen LogP contribution >= 0.6 is 11.8 Å². The van der Waals surface area contributed by atoms with Gasteiger partial charge >= 0.3 is 0 Å². The minimum absolute atomic E-state index is 0.400. The number of nitrogens with two attached hydrogens (primary N) is 1. The molecule has 0 bridgehead atoms. The second-order valence-corrected chi connectivity index (χ2v) is 4.17. The van der Waals surface area contributed by atoms with Crippen molar-refractivity contribution in [3.05, 3.63) is 0 Å². The van der Waals surface area contributed by atoms with Crippen LogP contribution in [0.15, 0.2) is 4.99 Å². The number of thioether (sulfide) groups is 1. The van der Waals surface area contributed by atoms with Crippen molar-refractivity contribution in [3.8, 4) is 0 Å². The highest BCUT2D eigenvalue weighted by molar-refractivity contribution is 7.98. The quantitative estimate of drug-likeness (QED) is 0.225. The topological polar surface area (TPSA) is 62.9 Å². The first-order chi connectivity index (χ1) is 7.17. The third-order valence-corrected chi connectivity index (χ3v) is 2.90. The van der Waals surface area contributed by atoms with E-state index in [4.69, 9.17) is 10.6 Å². The van der Waals surface area contributed by atoms with Crippen LogP contribution in [-0.4, -0.2) is 56.2 Å². The summed E-state index contributed by atoms with van der Waals surface area (Å²) in [4.78, 5) is 6.34.